The van der Waals surface area contributed by atoms with Crippen molar-refractivity contribution < 1.29 is 9.59 Å². The zero-order chi connectivity index (χ0) is 18.8. The van der Waals surface area contributed by atoms with Gasteiger partial charge in [0.05, 0.1) is 10.7 Å². The lowest BCUT2D eigenvalue weighted by Crippen LogP contribution is -2.39. The van der Waals surface area contributed by atoms with E-state index in [1.165, 1.54) is 12.8 Å². The van der Waals surface area contributed by atoms with Crippen LogP contribution in [0, 0.1) is 5.92 Å². The topological polar surface area (TPSA) is 61.4 Å². The maximum Gasteiger partial charge on any atom is 0.253 e. The normalized spacial score (nSPS) is 23.7. The first kappa shape index (κ1) is 22.0. The number of carbonyl (C=O) groups is 2. The van der Waals surface area contributed by atoms with Gasteiger partial charge in [0, 0.05) is 37.2 Å². The summed E-state index contributed by atoms with van der Waals surface area (Å²) in [5.41, 5.74) is 1.04. The number of rotatable bonds is 5. The molecule has 1 aromatic rings. The third kappa shape index (κ3) is 5.37. The number of hydrogen-bond acceptors (Lipinski definition) is 3. The van der Waals surface area contributed by atoms with Crippen molar-refractivity contribution in [2.45, 2.75) is 64.1 Å². The van der Waals surface area contributed by atoms with Crippen molar-refractivity contribution in [1.29, 1.82) is 0 Å². The van der Waals surface area contributed by atoms with E-state index in [0.29, 0.717) is 40.7 Å². The minimum atomic E-state index is -0.0814. The van der Waals surface area contributed by atoms with Gasteiger partial charge in [0.25, 0.3) is 5.91 Å². The van der Waals surface area contributed by atoms with E-state index in [1.807, 2.05) is 13.8 Å². The quantitative estimate of drug-likeness (QED) is 0.763. The van der Waals surface area contributed by atoms with Crippen molar-refractivity contribution in [3.8, 4) is 0 Å². The molecule has 2 fully saturated rings. The molecule has 5 nitrogen and oxygen atoms in total. The summed E-state index contributed by atoms with van der Waals surface area (Å²) >= 11 is 6.24. The van der Waals surface area contributed by atoms with Crippen LogP contribution in [0.1, 0.15) is 56.3 Å². The van der Waals surface area contributed by atoms with Crippen LogP contribution in [-0.4, -0.2) is 41.9 Å². The van der Waals surface area contributed by atoms with Crippen LogP contribution in [0.4, 0.5) is 5.69 Å². The molecule has 2 N–H and O–H groups in total. The first-order valence-electron chi connectivity index (χ1n) is 9.46. The molecule has 2 aliphatic heterocycles. The van der Waals surface area contributed by atoms with Gasteiger partial charge >= 0.3 is 0 Å². The molecule has 2 heterocycles. The highest BCUT2D eigenvalue weighted by atomic mass is 35.5. The number of carbonyl (C=O) groups excluding carboxylic acids is 2. The first-order chi connectivity index (χ1) is 12.3. The van der Waals surface area contributed by atoms with Crippen molar-refractivity contribution in [3.63, 3.8) is 0 Å². The van der Waals surface area contributed by atoms with E-state index in [2.05, 4.69) is 10.6 Å². The fourth-order valence-electron chi connectivity index (χ4n) is 4.00. The Hall–Kier alpha value is -1.30. The first-order valence-corrected chi connectivity index (χ1v) is 9.84. The minimum Gasteiger partial charge on any atom is -0.339 e. The van der Waals surface area contributed by atoms with Crippen LogP contribution < -0.4 is 10.6 Å². The van der Waals surface area contributed by atoms with Crippen LogP contribution in [-0.2, 0) is 4.79 Å². The second-order valence-corrected chi connectivity index (χ2v) is 8.34. The summed E-state index contributed by atoms with van der Waals surface area (Å²) in [7, 11) is 1.77. The molecule has 2 bridgehead atoms. The maximum atomic E-state index is 12.5. The second kappa shape index (κ2) is 9.26. The van der Waals surface area contributed by atoms with Gasteiger partial charge in [-0.25, -0.2) is 0 Å². The number of fused-ring (bicyclic) bond motifs is 2. The van der Waals surface area contributed by atoms with E-state index in [0.717, 1.165) is 12.8 Å². The molecular weight excluding hydrogens is 385 g/mol. The molecule has 2 atom stereocenters. The maximum absolute atomic E-state index is 12.5. The van der Waals surface area contributed by atoms with Crippen LogP contribution >= 0.6 is 24.0 Å². The number of benzene rings is 1. The average Bonchev–Trinajstić information content (AvgIpc) is 2.93. The summed E-state index contributed by atoms with van der Waals surface area (Å²) in [4.78, 5) is 26.7. The van der Waals surface area contributed by atoms with Gasteiger partial charge in [-0.1, -0.05) is 11.6 Å². The van der Waals surface area contributed by atoms with Gasteiger partial charge in [0.2, 0.25) is 5.91 Å². The lowest BCUT2D eigenvalue weighted by Gasteiger charge is -2.28. The number of nitrogens with one attached hydrogen (secondary N) is 2. The van der Waals surface area contributed by atoms with E-state index in [1.54, 1.807) is 30.1 Å². The molecule has 2 aliphatic rings. The van der Waals surface area contributed by atoms with E-state index < -0.39 is 0 Å². The van der Waals surface area contributed by atoms with Crippen LogP contribution in [0.2, 0.25) is 5.02 Å². The summed E-state index contributed by atoms with van der Waals surface area (Å²) in [6.45, 7) is 3.92. The number of anilines is 1. The summed E-state index contributed by atoms with van der Waals surface area (Å²) in [5.74, 6) is 0.312. The Bertz CT molecular complexity index is 684. The van der Waals surface area contributed by atoms with Crippen LogP contribution in [0.5, 0.6) is 0 Å². The molecule has 2 amide bonds. The molecule has 0 aliphatic carbocycles. The molecule has 0 saturated carbocycles. The van der Waals surface area contributed by atoms with Crippen molar-refractivity contribution in [2.24, 2.45) is 5.92 Å². The SMILES string of the molecule is CC(C)N(C)C(=O)c1ccc(Cl)c(NC(=O)CC2CC3CCC(C2)N3)c1.Cl. The van der Waals surface area contributed by atoms with Crippen molar-refractivity contribution >= 4 is 41.5 Å². The van der Waals surface area contributed by atoms with Gasteiger partial charge in [0.15, 0.2) is 0 Å². The Balaban J connectivity index is 0.00000261. The zero-order valence-electron chi connectivity index (χ0n) is 16.1. The standard InChI is InChI=1S/C20H28ClN3O2.ClH/c1-12(2)24(3)20(26)14-4-7-17(21)18(11-14)23-19(25)10-13-8-15-5-6-16(9-13)22-15;/h4,7,11-13,15-16,22H,5-6,8-10H2,1-3H3,(H,23,25);1H. The van der Waals surface area contributed by atoms with Gasteiger partial charge in [-0.05, 0) is 63.6 Å². The van der Waals surface area contributed by atoms with Gasteiger partial charge < -0.3 is 15.5 Å². The Morgan fingerprint density at radius 3 is 2.48 bits per heavy atom. The molecule has 0 aromatic heterocycles. The Morgan fingerprint density at radius 1 is 1.26 bits per heavy atom. The number of hydrogen-bond donors (Lipinski definition) is 2. The van der Waals surface area contributed by atoms with E-state index in [-0.39, 0.29) is 30.3 Å². The molecule has 0 spiro atoms. The molecule has 2 saturated heterocycles. The second-order valence-electron chi connectivity index (χ2n) is 7.93. The Labute approximate surface area is 172 Å². The van der Waals surface area contributed by atoms with Gasteiger partial charge in [-0.2, -0.15) is 0 Å². The van der Waals surface area contributed by atoms with E-state index in [9.17, 15) is 9.59 Å². The summed E-state index contributed by atoms with van der Waals surface area (Å²) in [6.07, 6.45) is 5.09. The molecule has 3 rings (SSSR count). The molecule has 1 aromatic carbocycles. The van der Waals surface area contributed by atoms with Crippen LogP contribution in [0.3, 0.4) is 0 Å². The summed E-state index contributed by atoms with van der Waals surface area (Å²) < 4.78 is 0. The van der Waals surface area contributed by atoms with Gasteiger partial charge in [0.1, 0.15) is 0 Å². The number of amides is 2. The molecule has 7 heteroatoms. The molecule has 0 radical (unpaired) electrons. The smallest absolute Gasteiger partial charge is 0.253 e. The molecule has 150 valence electrons. The van der Waals surface area contributed by atoms with Crippen molar-refractivity contribution in [2.75, 3.05) is 12.4 Å². The largest absolute Gasteiger partial charge is 0.339 e. The Kier molecular flexibility index (Phi) is 7.55. The summed E-state index contributed by atoms with van der Waals surface area (Å²) in [5, 5.41) is 6.96. The lowest BCUT2D eigenvalue weighted by atomic mass is 9.89. The highest BCUT2D eigenvalue weighted by molar-refractivity contribution is 6.33. The highest BCUT2D eigenvalue weighted by Gasteiger charge is 2.34. The predicted octanol–water partition coefficient (Wildman–Crippen LogP) is 4.10. The number of piperidine rings is 1. The fraction of sp³-hybridized carbons (Fsp3) is 0.600. The van der Waals surface area contributed by atoms with Crippen LogP contribution in [0.25, 0.3) is 0 Å². The lowest BCUT2D eigenvalue weighted by molar-refractivity contribution is -0.117. The van der Waals surface area contributed by atoms with E-state index in [4.69, 9.17) is 11.6 Å². The van der Waals surface area contributed by atoms with Gasteiger partial charge in [-0.15, -0.1) is 12.4 Å². The third-order valence-corrected chi connectivity index (χ3v) is 5.96. The number of nitrogens with zero attached hydrogens (tertiary/aromatic N) is 1. The number of halogens is 2. The van der Waals surface area contributed by atoms with Crippen molar-refractivity contribution in [3.05, 3.63) is 28.8 Å². The van der Waals surface area contributed by atoms with E-state index >= 15 is 0 Å². The monoisotopic (exact) mass is 413 g/mol. The molecule has 27 heavy (non-hydrogen) atoms. The molecular formula is C20H29Cl2N3O2. The predicted molar refractivity (Wildman–Crippen MR) is 112 cm³/mol. The zero-order valence-corrected chi connectivity index (χ0v) is 17.7. The average molecular weight is 414 g/mol. The minimum absolute atomic E-state index is 0. The fourth-order valence-corrected chi connectivity index (χ4v) is 4.16. The van der Waals surface area contributed by atoms with Crippen LogP contribution in [0.15, 0.2) is 18.2 Å². The highest BCUT2D eigenvalue weighted by Crippen LogP contribution is 2.33. The van der Waals surface area contributed by atoms with Crippen molar-refractivity contribution in [1.82, 2.24) is 10.2 Å². The Morgan fingerprint density at radius 2 is 1.89 bits per heavy atom. The molecule has 2 unspecified atom stereocenters. The summed E-state index contributed by atoms with van der Waals surface area (Å²) in [6, 6.07) is 6.29. The third-order valence-electron chi connectivity index (χ3n) is 5.63. The van der Waals surface area contributed by atoms with Gasteiger partial charge in [-0.3, -0.25) is 9.59 Å².